The minimum atomic E-state index is -0.306. The van der Waals surface area contributed by atoms with Gasteiger partial charge in [-0.3, -0.25) is 4.79 Å². The molecule has 1 aliphatic rings. The SMILES string of the molecule is COc1ccc(Cn2nc(Br)nc2C(=O)COC2CCCCO2)cc1. The molecule has 1 aliphatic heterocycles. The number of nitrogens with zero attached hydrogens (tertiary/aromatic N) is 3. The lowest BCUT2D eigenvalue weighted by Gasteiger charge is -2.22. The Labute approximate surface area is 154 Å². The molecule has 0 aliphatic carbocycles. The smallest absolute Gasteiger partial charge is 0.225 e. The maximum atomic E-state index is 12.5. The van der Waals surface area contributed by atoms with Crippen molar-refractivity contribution in [1.29, 1.82) is 0 Å². The quantitative estimate of drug-likeness (QED) is 0.654. The van der Waals surface area contributed by atoms with Gasteiger partial charge in [0.1, 0.15) is 12.4 Å². The summed E-state index contributed by atoms with van der Waals surface area (Å²) in [7, 11) is 1.62. The number of methoxy groups -OCH3 is 1. The lowest BCUT2D eigenvalue weighted by Crippen LogP contribution is -2.26. The number of halogens is 1. The van der Waals surface area contributed by atoms with Gasteiger partial charge in [0.15, 0.2) is 12.1 Å². The van der Waals surface area contributed by atoms with Crippen LogP contribution in [0.25, 0.3) is 0 Å². The Kier molecular flexibility index (Phi) is 6.17. The van der Waals surface area contributed by atoms with E-state index in [2.05, 4.69) is 26.0 Å². The van der Waals surface area contributed by atoms with Gasteiger partial charge in [-0.05, 0) is 52.9 Å². The first kappa shape index (κ1) is 18.0. The Morgan fingerprint density at radius 1 is 1.36 bits per heavy atom. The van der Waals surface area contributed by atoms with Gasteiger partial charge in [-0.15, -0.1) is 5.10 Å². The molecule has 1 atom stereocenters. The molecular weight excluding hydrogens is 390 g/mol. The van der Waals surface area contributed by atoms with Crippen molar-refractivity contribution in [2.75, 3.05) is 20.3 Å². The molecule has 1 fully saturated rings. The number of Topliss-reactive ketones (excluding diaryl/α,β-unsaturated/α-hetero) is 1. The molecule has 0 spiro atoms. The van der Waals surface area contributed by atoms with Gasteiger partial charge in [0, 0.05) is 6.61 Å². The highest BCUT2D eigenvalue weighted by atomic mass is 79.9. The topological polar surface area (TPSA) is 75.5 Å². The minimum Gasteiger partial charge on any atom is -0.497 e. The third-order valence-corrected chi connectivity index (χ3v) is 4.26. The number of ketones is 1. The highest BCUT2D eigenvalue weighted by molar-refractivity contribution is 9.10. The Bertz CT molecular complexity index is 711. The predicted octanol–water partition coefficient (Wildman–Crippen LogP) is 2.82. The van der Waals surface area contributed by atoms with E-state index in [1.807, 2.05) is 24.3 Å². The second kappa shape index (κ2) is 8.55. The van der Waals surface area contributed by atoms with E-state index in [1.165, 1.54) is 0 Å². The number of carbonyl (C=O) groups excluding carboxylic acids is 1. The van der Waals surface area contributed by atoms with Gasteiger partial charge in [0.05, 0.1) is 13.7 Å². The molecular formula is C17H20BrN3O4. The van der Waals surface area contributed by atoms with E-state index in [1.54, 1.807) is 11.8 Å². The monoisotopic (exact) mass is 409 g/mol. The normalized spacial score (nSPS) is 17.4. The largest absolute Gasteiger partial charge is 0.497 e. The second-order valence-electron chi connectivity index (χ2n) is 5.74. The van der Waals surface area contributed by atoms with Crippen LogP contribution in [0.4, 0.5) is 0 Å². The van der Waals surface area contributed by atoms with Crippen molar-refractivity contribution in [2.24, 2.45) is 0 Å². The van der Waals surface area contributed by atoms with Crippen LogP contribution in [0.1, 0.15) is 35.4 Å². The zero-order valence-corrected chi connectivity index (χ0v) is 15.6. The summed E-state index contributed by atoms with van der Waals surface area (Å²) in [6.07, 6.45) is 2.60. The number of hydrogen-bond acceptors (Lipinski definition) is 6. The van der Waals surface area contributed by atoms with Crippen molar-refractivity contribution in [3.63, 3.8) is 0 Å². The number of rotatable bonds is 7. The number of carbonyl (C=O) groups is 1. The third kappa shape index (κ3) is 4.87. The third-order valence-electron chi connectivity index (χ3n) is 3.92. The molecule has 1 unspecified atom stereocenters. The summed E-state index contributed by atoms with van der Waals surface area (Å²) in [5.41, 5.74) is 0.990. The van der Waals surface area contributed by atoms with Gasteiger partial charge >= 0.3 is 0 Å². The van der Waals surface area contributed by atoms with Gasteiger partial charge in [0.2, 0.25) is 10.5 Å². The van der Waals surface area contributed by atoms with Crippen molar-refractivity contribution in [3.05, 3.63) is 40.4 Å². The van der Waals surface area contributed by atoms with Crippen molar-refractivity contribution in [1.82, 2.24) is 14.8 Å². The van der Waals surface area contributed by atoms with Gasteiger partial charge in [0.25, 0.3) is 0 Å². The molecule has 0 N–H and O–H groups in total. The molecule has 0 saturated carbocycles. The first-order valence-electron chi connectivity index (χ1n) is 8.15. The molecule has 134 valence electrons. The van der Waals surface area contributed by atoms with Crippen LogP contribution < -0.4 is 4.74 Å². The lowest BCUT2D eigenvalue weighted by molar-refractivity contribution is -0.155. The van der Waals surface area contributed by atoms with E-state index < -0.39 is 0 Å². The van der Waals surface area contributed by atoms with Gasteiger partial charge in [-0.1, -0.05) is 12.1 Å². The highest BCUT2D eigenvalue weighted by Crippen LogP contribution is 2.16. The minimum absolute atomic E-state index is 0.0710. The summed E-state index contributed by atoms with van der Waals surface area (Å²) in [5, 5.41) is 4.25. The number of benzene rings is 1. The molecule has 7 nitrogen and oxygen atoms in total. The Morgan fingerprint density at radius 3 is 2.84 bits per heavy atom. The maximum Gasteiger partial charge on any atom is 0.225 e. The summed E-state index contributed by atoms with van der Waals surface area (Å²) >= 11 is 3.23. The molecule has 1 aromatic carbocycles. The zero-order chi connectivity index (χ0) is 17.6. The molecule has 25 heavy (non-hydrogen) atoms. The average Bonchev–Trinajstić information content (AvgIpc) is 3.01. The van der Waals surface area contributed by atoms with Crippen LogP contribution in [0, 0.1) is 0 Å². The summed E-state index contributed by atoms with van der Waals surface area (Å²) in [4.78, 5) is 16.6. The van der Waals surface area contributed by atoms with Crippen LogP contribution in [-0.4, -0.2) is 47.2 Å². The number of hydrogen-bond donors (Lipinski definition) is 0. The van der Waals surface area contributed by atoms with Crippen LogP contribution in [0.15, 0.2) is 29.0 Å². The van der Waals surface area contributed by atoms with E-state index in [0.717, 1.165) is 30.6 Å². The van der Waals surface area contributed by atoms with E-state index in [0.29, 0.717) is 17.9 Å². The van der Waals surface area contributed by atoms with Crippen molar-refractivity contribution >= 4 is 21.7 Å². The lowest BCUT2D eigenvalue weighted by atomic mass is 10.2. The Morgan fingerprint density at radius 2 is 2.16 bits per heavy atom. The molecule has 2 aromatic rings. The van der Waals surface area contributed by atoms with E-state index >= 15 is 0 Å². The van der Waals surface area contributed by atoms with Crippen LogP contribution in [-0.2, 0) is 16.0 Å². The Balaban J connectivity index is 1.65. The van der Waals surface area contributed by atoms with E-state index in [9.17, 15) is 4.79 Å². The second-order valence-corrected chi connectivity index (χ2v) is 6.45. The molecule has 0 amide bonds. The van der Waals surface area contributed by atoms with Crippen LogP contribution in [0.5, 0.6) is 5.75 Å². The number of aromatic nitrogens is 3. The molecule has 8 heteroatoms. The Hall–Kier alpha value is -1.77. The van der Waals surface area contributed by atoms with E-state index in [4.69, 9.17) is 14.2 Å². The maximum absolute atomic E-state index is 12.5. The van der Waals surface area contributed by atoms with Crippen molar-refractivity contribution in [2.45, 2.75) is 32.1 Å². The van der Waals surface area contributed by atoms with Crippen LogP contribution >= 0.6 is 15.9 Å². The molecule has 1 saturated heterocycles. The molecule has 0 radical (unpaired) electrons. The highest BCUT2D eigenvalue weighted by Gasteiger charge is 2.20. The first-order valence-corrected chi connectivity index (χ1v) is 8.94. The fourth-order valence-electron chi connectivity index (χ4n) is 2.61. The first-order chi connectivity index (χ1) is 12.2. The summed E-state index contributed by atoms with van der Waals surface area (Å²) < 4.78 is 18.1. The van der Waals surface area contributed by atoms with E-state index in [-0.39, 0.29) is 24.5 Å². The summed E-state index contributed by atoms with van der Waals surface area (Å²) in [6, 6.07) is 7.59. The zero-order valence-electron chi connectivity index (χ0n) is 14.0. The van der Waals surface area contributed by atoms with Gasteiger partial charge in [-0.25, -0.2) is 4.68 Å². The van der Waals surface area contributed by atoms with Crippen molar-refractivity contribution in [3.8, 4) is 5.75 Å². The van der Waals surface area contributed by atoms with Crippen molar-refractivity contribution < 1.29 is 19.0 Å². The van der Waals surface area contributed by atoms with Crippen LogP contribution in [0.2, 0.25) is 0 Å². The molecule has 2 heterocycles. The number of ether oxygens (including phenoxy) is 3. The average molecular weight is 410 g/mol. The fraction of sp³-hybridized carbons (Fsp3) is 0.471. The molecule has 1 aromatic heterocycles. The molecule has 0 bridgehead atoms. The van der Waals surface area contributed by atoms with Gasteiger partial charge in [-0.2, -0.15) is 4.98 Å². The fourth-order valence-corrected chi connectivity index (χ4v) is 2.97. The predicted molar refractivity (Wildman–Crippen MR) is 93.7 cm³/mol. The summed E-state index contributed by atoms with van der Waals surface area (Å²) in [6.45, 7) is 1.04. The van der Waals surface area contributed by atoms with Gasteiger partial charge < -0.3 is 14.2 Å². The standard InChI is InChI=1S/C17H20BrN3O4/c1-23-13-7-5-12(6-8-13)10-21-16(19-17(18)20-21)14(22)11-25-15-4-2-3-9-24-15/h5-8,15H,2-4,9-11H2,1H3. The van der Waals surface area contributed by atoms with Crippen LogP contribution in [0.3, 0.4) is 0 Å². The summed E-state index contributed by atoms with van der Waals surface area (Å²) in [5.74, 6) is 0.820. The molecule has 3 rings (SSSR count).